The maximum Gasteiger partial charge on any atom is 0.237 e. The van der Waals surface area contributed by atoms with Crippen molar-refractivity contribution >= 4 is 28.8 Å². The number of rotatable bonds is 7. The summed E-state index contributed by atoms with van der Waals surface area (Å²) < 4.78 is 0. The molecule has 1 saturated heterocycles. The molecule has 1 N–H and O–H groups in total. The number of piperazine rings is 1. The molecule has 1 aliphatic rings. The quantitative estimate of drug-likeness (QED) is 0.786. The van der Waals surface area contributed by atoms with Gasteiger partial charge < -0.3 is 10.2 Å². The van der Waals surface area contributed by atoms with E-state index < -0.39 is 0 Å². The van der Waals surface area contributed by atoms with Crippen molar-refractivity contribution in [2.45, 2.75) is 25.9 Å². The van der Waals surface area contributed by atoms with Crippen LogP contribution >= 0.6 is 22.9 Å². The Hall–Kier alpha value is -1.40. The second-order valence-corrected chi connectivity index (χ2v) is 8.20. The highest BCUT2D eigenvalue weighted by molar-refractivity contribution is 7.09. The minimum absolute atomic E-state index is 0.0898. The molecule has 0 aliphatic carbocycles. The molecule has 0 spiro atoms. The minimum atomic E-state index is -0.0956. The third kappa shape index (κ3) is 5.55. The summed E-state index contributed by atoms with van der Waals surface area (Å²) in [4.78, 5) is 18.7. The van der Waals surface area contributed by atoms with Crippen LogP contribution in [0, 0.1) is 0 Å². The summed E-state index contributed by atoms with van der Waals surface area (Å²) in [6.07, 6.45) is 1.12. The standard InChI is InChI=1S/C20H26ClN3OS/c1-16(20(25)22-15-17-4-6-18(21)7-5-17)24-12-10-23(11-13-24)9-8-19-3-2-14-26-19/h2-7,14,16H,8-13,15H2,1H3,(H,22,25). The monoisotopic (exact) mass is 391 g/mol. The van der Waals surface area contributed by atoms with Gasteiger partial charge in [-0.3, -0.25) is 9.69 Å². The zero-order valence-corrected chi connectivity index (χ0v) is 16.7. The SMILES string of the molecule is CC(C(=O)NCc1ccc(Cl)cc1)N1CCN(CCc2cccs2)CC1. The first-order valence-corrected chi connectivity index (χ1v) is 10.4. The number of hydrogen-bond donors (Lipinski definition) is 1. The van der Waals surface area contributed by atoms with E-state index >= 15 is 0 Å². The highest BCUT2D eigenvalue weighted by Crippen LogP contribution is 2.12. The fourth-order valence-corrected chi connectivity index (χ4v) is 4.03. The van der Waals surface area contributed by atoms with Gasteiger partial charge >= 0.3 is 0 Å². The highest BCUT2D eigenvalue weighted by Gasteiger charge is 2.25. The summed E-state index contributed by atoms with van der Waals surface area (Å²) in [5.41, 5.74) is 1.06. The van der Waals surface area contributed by atoms with Crippen LogP contribution in [-0.2, 0) is 17.8 Å². The van der Waals surface area contributed by atoms with Crippen molar-refractivity contribution in [3.63, 3.8) is 0 Å². The van der Waals surface area contributed by atoms with Crippen LogP contribution in [0.3, 0.4) is 0 Å². The van der Waals surface area contributed by atoms with Crippen LogP contribution in [0.5, 0.6) is 0 Å². The summed E-state index contributed by atoms with van der Waals surface area (Å²) in [5, 5.41) is 5.88. The molecule has 2 heterocycles. The Balaban J connectivity index is 1.38. The Morgan fingerprint density at radius 3 is 2.58 bits per heavy atom. The lowest BCUT2D eigenvalue weighted by Gasteiger charge is -2.37. The van der Waals surface area contributed by atoms with E-state index in [0.717, 1.165) is 44.7 Å². The van der Waals surface area contributed by atoms with Crippen molar-refractivity contribution in [1.29, 1.82) is 0 Å². The molecular weight excluding hydrogens is 366 g/mol. The van der Waals surface area contributed by atoms with E-state index in [-0.39, 0.29) is 11.9 Å². The van der Waals surface area contributed by atoms with E-state index in [2.05, 4.69) is 32.6 Å². The molecule has 3 rings (SSSR count). The predicted octanol–water partition coefficient (Wildman–Crippen LogP) is 3.27. The van der Waals surface area contributed by atoms with E-state index in [4.69, 9.17) is 11.6 Å². The van der Waals surface area contributed by atoms with Gasteiger partial charge in [-0.15, -0.1) is 11.3 Å². The molecule has 2 aromatic rings. The molecule has 0 saturated carbocycles. The molecule has 1 aliphatic heterocycles. The normalized spacial score (nSPS) is 17.2. The zero-order valence-electron chi connectivity index (χ0n) is 15.2. The van der Waals surface area contributed by atoms with Crippen molar-refractivity contribution in [2.24, 2.45) is 0 Å². The molecule has 1 unspecified atom stereocenters. The Morgan fingerprint density at radius 1 is 1.19 bits per heavy atom. The van der Waals surface area contributed by atoms with E-state index in [1.165, 1.54) is 4.88 Å². The predicted molar refractivity (Wildman–Crippen MR) is 109 cm³/mol. The number of nitrogens with zero attached hydrogens (tertiary/aromatic N) is 2. The second-order valence-electron chi connectivity index (χ2n) is 6.73. The topological polar surface area (TPSA) is 35.6 Å². The molecule has 140 valence electrons. The van der Waals surface area contributed by atoms with Crippen LogP contribution in [-0.4, -0.2) is 54.5 Å². The van der Waals surface area contributed by atoms with Gasteiger partial charge in [-0.05, 0) is 42.5 Å². The lowest BCUT2D eigenvalue weighted by molar-refractivity contribution is -0.126. The lowest BCUT2D eigenvalue weighted by atomic mass is 10.2. The summed E-state index contributed by atoms with van der Waals surface area (Å²) in [7, 11) is 0. The van der Waals surface area contributed by atoms with E-state index in [1.54, 1.807) is 0 Å². The first kappa shape index (κ1) is 19.4. The van der Waals surface area contributed by atoms with Gasteiger partial charge in [-0.25, -0.2) is 0 Å². The van der Waals surface area contributed by atoms with Crippen molar-refractivity contribution in [3.8, 4) is 0 Å². The first-order chi connectivity index (χ1) is 12.6. The van der Waals surface area contributed by atoms with Crippen LogP contribution in [0.15, 0.2) is 41.8 Å². The molecule has 1 aromatic heterocycles. The smallest absolute Gasteiger partial charge is 0.237 e. The fourth-order valence-electron chi connectivity index (χ4n) is 3.20. The number of carbonyl (C=O) groups is 1. The Morgan fingerprint density at radius 2 is 1.92 bits per heavy atom. The molecule has 1 atom stereocenters. The van der Waals surface area contributed by atoms with Crippen molar-refractivity contribution in [3.05, 3.63) is 57.2 Å². The largest absolute Gasteiger partial charge is 0.351 e. The van der Waals surface area contributed by atoms with Gasteiger partial charge in [0.15, 0.2) is 0 Å². The maximum absolute atomic E-state index is 12.5. The third-order valence-corrected chi connectivity index (χ3v) is 6.16. The van der Waals surface area contributed by atoms with Gasteiger partial charge in [0.25, 0.3) is 0 Å². The molecule has 0 bridgehead atoms. The molecular formula is C20H26ClN3OS. The Kier molecular flexibility index (Phi) is 7.08. The lowest BCUT2D eigenvalue weighted by Crippen LogP contribution is -2.54. The zero-order chi connectivity index (χ0) is 18.4. The minimum Gasteiger partial charge on any atom is -0.351 e. The molecule has 1 fully saturated rings. The summed E-state index contributed by atoms with van der Waals surface area (Å²) in [5.74, 6) is 0.0898. The number of nitrogens with one attached hydrogen (secondary N) is 1. The molecule has 0 radical (unpaired) electrons. The number of benzene rings is 1. The van der Waals surface area contributed by atoms with Crippen molar-refractivity contribution < 1.29 is 4.79 Å². The number of amides is 1. The Labute approximate surface area is 164 Å². The van der Waals surface area contributed by atoms with Gasteiger partial charge in [-0.1, -0.05) is 29.8 Å². The van der Waals surface area contributed by atoms with Crippen LogP contribution in [0.1, 0.15) is 17.4 Å². The fraction of sp³-hybridized carbons (Fsp3) is 0.450. The van der Waals surface area contributed by atoms with Crippen LogP contribution in [0.25, 0.3) is 0 Å². The van der Waals surface area contributed by atoms with Crippen molar-refractivity contribution in [2.75, 3.05) is 32.7 Å². The molecule has 1 aromatic carbocycles. The highest BCUT2D eigenvalue weighted by atomic mass is 35.5. The average Bonchev–Trinajstić information content (AvgIpc) is 3.19. The van der Waals surface area contributed by atoms with E-state index in [1.807, 2.05) is 42.5 Å². The van der Waals surface area contributed by atoms with Gasteiger partial charge in [0, 0.05) is 49.2 Å². The summed E-state index contributed by atoms with van der Waals surface area (Å²) >= 11 is 7.72. The number of thiophene rings is 1. The van der Waals surface area contributed by atoms with Crippen LogP contribution in [0.2, 0.25) is 5.02 Å². The third-order valence-electron chi connectivity index (χ3n) is 4.97. The summed E-state index contributed by atoms with van der Waals surface area (Å²) in [6, 6.07) is 11.8. The van der Waals surface area contributed by atoms with Gasteiger partial charge in [0.2, 0.25) is 5.91 Å². The van der Waals surface area contributed by atoms with Crippen molar-refractivity contribution in [1.82, 2.24) is 15.1 Å². The molecule has 26 heavy (non-hydrogen) atoms. The van der Waals surface area contributed by atoms with Crippen LogP contribution in [0.4, 0.5) is 0 Å². The van der Waals surface area contributed by atoms with E-state index in [9.17, 15) is 4.79 Å². The van der Waals surface area contributed by atoms with E-state index in [0.29, 0.717) is 11.6 Å². The maximum atomic E-state index is 12.5. The first-order valence-electron chi connectivity index (χ1n) is 9.13. The average molecular weight is 392 g/mol. The van der Waals surface area contributed by atoms with Gasteiger partial charge in [0.05, 0.1) is 6.04 Å². The second kappa shape index (κ2) is 9.51. The number of halogens is 1. The number of hydrogen-bond acceptors (Lipinski definition) is 4. The van der Waals surface area contributed by atoms with Gasteiger partial charge in [0.1, 0.15) is 0 Å². The molecule has 6 heteroatoms. The molecule has 1 amide bonds. The van der Waals surface area contributed by atoms with Crippen LogP contribution < -0.4 is 5.32 Å². The van der Waals surface area contributed by atoms with Gasteiger partial charge in [-0.2, -0.15) is 0 Å². The summed E-state index contributed by atoms with van der Waals surface area (Å²) in [6.45, 7) is 7.59. The Bertz CT molecular complexity index is 682. The number of carbonyl (C=O) groups excluding carboxylic acids is 1. The molecule has 4 nitrogen and oxygen atoms in total.